The minimum absolute atomic E-state index is 0.0742. The van der Waals surface area contributed by atoms with Gasteiger partial charge in [-0.3, -0.25) is 14.6 Å². The summed E-state index contributed by atoms with van der Waals surface area (Å²) in [6, 6.07) is 13.6. The van der Waals surface area contributed by atoms with Crippen molar-refractivity contribution in [3.8, 4) is 11.1 Å². The van der Waals surface area contributed by atoms with Crippen LogP contribution >= 0.6 is 0 Å². The second kappa shape index (κ2) is 6.29. The van der Waals surface area contributed by atoms with Gasteiger partial charge in [-0.25, -0.2) is 9.50 Å². The molecule has 4 aromatic rings. The van der Waals surface area contributed by atoms with E-state index in [1.54, 1.807) is 12.3 Å². The summed E-state index contributed by atoms with van der Waals surface area (Å²) in [6.07, 6.45) is 1.79. The lowest BCUT2D eigenvalue weighted by Crippen LogP contribution is -2.18. The molecule has 1 aromatic carbocycles. The number of hydrogen-bond acceptors (Lipinski definition) is 3. The Kier molecular flexibility index (Phi) is 3.95. The Balaban J connectivity index is 1.83. The van der Waals surface area contributed by atoms with E-state index < -0.39 is 0 Å². The van der Waals surface area contributed by atoms with Gasteiger partial charge >= 0.3 is 0 Å². The lowest BCUT2D eigenvalue weighted by Gasteiger charge is -2.13. The van der Waals surface area contributed by atoms with E-state index in [4.69, 9.17) is 4.98 Å². The van der Waals surface area contributed by atoms with Crippen LogP contribution in [-0.2, 0) is 6.54 Å². The molecule has 0 spiro atoms. The van der Waals surface area contributed by atoms with Crippen LogP contribution in [-0.4, -0.2) is 24.4 Å². The molecule has 6 heteroatoms. The Morgan fingerprint density at radius 2 is 1.92 bits per heavy atom. The monoisotopic (exact) mass is 347 g/mol. The van der Waals surface area contributed by atoms with Gasteiger partial charge in [0.2, 0.25) is 0 Å². The van der Waals surface area contributed by atoms with Crippen molar-refractivity contribution in [2.75, 3.05) is 0 Å². The first kappa shape index (κ1) is 16.3. The summed E-state index contributed by atoms with van der Waals surface area (Å²) in [7, 11) is 0. The molecule has 1 atom stereocenters. The fraction of sp³-hybridized carbons (Fsp3) is 0.250. The lowest BCUT2D eigenvalue weighted by molar-refractivity contribution is 0.523. The molecule has 0 aliphatic heterocycles. The summed E-state index contributed by atoms with van der Waals surface area (Å²) in [5, 5.41) is 7.47. The van der Waals surface area contributed by atoms with Crippen molar-refractivity contribution in [2.45, 2.75) is 33.2 Å². The van der Waals surface area contributed by atoms with Gasteiger partial charge in [-0.2, -0.15) is 5.10 Å². The van der Waals surface area contributed by atoms with Crippen molar-refractivity contribution in [2.24, 2.45) is 0 Å². The molecule has 0 radical (unpaired) electrons. The zero-order valence-electron chi connectivity index (χ0n) is 15.1. The second-order valence-electron chi connectivity index (χ2n) is 6.71. The Morgan fingerprint density at radius 3 is 2.62 bits per heavy atom. The largest absolute Gasteiger partial charge is 0.293 e. The molecule has 6 nitrogen and oxygen atoms in total. The summed E-state index contributed by atoms with van der Waals surface area (Å²) < 4.78 is 3.46. The minimum atomic E-state index is -0.0979. The number of benzene rings is 1. The third kappa shape index (κ3) is 2.73. The molecule has 4 rings (SSSR count). The van der Waals surface area contributed by atoms with Crippen molar-refractivity contribution in [1.82, 2.24) is 24.4 Å². The van der Waals surface area contributed by atoms with Gasteiger partial charge in [-0.05, 0) is 25.5 Å². The van der Waals surface area contributed by atoms with Gasteiger partial charge in [0.25, 0.3) is 5.56 Å². The highest BCUT2D eigenvalue weighted by molar-refractivity contribution is 5.79. The van der Waals surface area contributed by atoms with Crippen LogP contribution in [0.2, 0.25) is 0 Å². The Labute approximate surface area is 151 Å². The van der Waals surface area contributed by atoms with Gasteiger partial charge in [0.15, 0.2) is 5.65 Å². The van der Waals surface area contributed by atoms with Crippen molar-refractivity contribution in [3.05, 3.63) is 76.1 Å². The van der Waals surface area contributed by atoms with E-state index in [9.17, 15) is 4.79 Å². The van der Waals surface area contributed by atoms with Crippen molar-refractivity contribution >= 4 is 5.65 Å². The average molecular weight is 347 g/mol. The van der Waals surface area contributed by atoms with Gasteiger partial charge < -0.3 is 0 Å². The average Bonchev–Trinajstić information content (AvgIpc) is 3.18. The number of nitrogens with one attached hydrogen (secondary N) is 1. The van der Waals surface area contributed by atoms with E-state index in [1.807, 2.05) is 54.9 Å². The smallest absolute Gasteiger partial charge is 0.272 e. The standard InChI is InChI=1S/C20H21N5O/c1-13(12-24-14(2)9-10-21-24)17-11-18(26)25-20(22-17)19(15(3)23-25)16-7-5-4-6-8-16/h4-11,13,23H,12H2,1-3H3. The molecule has 0 saturated carbocycles. The molecule has 0 saturated heterocycles. The zero-order valence-corrected chi connectivity index (χ0v) is 15.1. The summed E-state index contributed by atoms with van der Waals surface area (Å²) in [6.45, 7) is 6.74. The summed E-state index contributed by atoms with van der Waals surface area (Å²) in [5.74, 6) is 0.0742. The molecular weight excluding hydrogens is 326 g/mol. The summed E-state index contributed by atoms with van der Waals surface area (Å²) in [5.41, 5.74) is 5.38. The van der Waals surface area contributed by atoms with Crippen LogP contribution in [0.4, 0.5) is 0 Å². The molecule has 1 unspecified atom stereocenters. The van der Waals surface area contributed by atoms with Gasteiger partial charge in [0.1, 0.15) is 0 Å². The van der Waals surface area contributed by atoms with Crippen LogP contribution in [0.3, 0.4) is 0 Å². The maximum atomic E-state index is 12.6. The predicted octanol–water partition coefficient (Wildman–Crippen LogP) is 3.31. The molecule has 26 heavy (non-hydrogen) atoms. The molecule has 3 aromatic heterocycles. The van der Waals surface area contributed by atoms with Gasteiger partial charge in [0.05, 0.1) is 5.69 Å². The molecule has 0 aliphatic carbocycles. The quantitative estimate of drug-likeness (QED) is 0.616. The fourth-order valence-electron chi connectivity index (χ4n) is 3.31. The topological polar surface area (TPSA) is 68.0 Å². The molecule has 132 valence electrons. The zero-order chi connectivity index (χ0) is 18.3. The van der Waals surface area contributed by atoms with Gasteiger partial charge in [-0.1, -0.05) is 37.3 Å². The molecule has 0 fully saturated rings. The van der Waals surface area contributed by atoms with Crippen LogP contribution in [0, 0.1) is 13.8 Å². The number of aromatic nitrogens is 5. The van der Waals surface area contributed by atoms with E-state index in [-0.39, 0.29) is 11.5 Å². The predicted molar refractivity (Wildman–Crippen MR) is 101 cm³/mol. The van der Waals surface area contributed by atoms with Crippen molar-refractivity contribution in [1.29, 1.82) is 0 Å². The SMILES string of the molecule is Cc1[nH]n2c(=O)cc(C(C)Cn3nccc3C)nc2c1-c1ccccc1. The first-order chi connectivity index (χ1) is 12.5. The number of nitrogens with zero attached hydrogens (tertiary/aromatic N) is 4. The molecule has 0 aliphatic rings. The normalized spacial score (nSPS) is 12.6. The maximum absolute atomic E-state index is 12.6. The third-order valence-corrected chi connectivity index (χ3v) is 4.76. The number of rotatable bonds is 4. The Hall–Kier alpha value is -3.15. The molecule has 1 N–H and O–H groups in total. The van der Waals surface area contributed by atoms with Crippen LogP contribution in [0.15, 0.2) is 53.5 Å². The fourth-order valence-corrected chi connectivity index (χ4v) is 3.31. The molecule has 3 heterocycles. The van der Waals surface area contributed by atoms with Crippen LogP contribution in [0.5, 0.6) is 0 Å². The minimum Gasteiger partial charge on any atom is -0.293 e. The van der Waals surface area contributed by atoms with Crippen molar-refractivity contribution < 1.29 is 0 Å². The number of aryl methyl sites for hydroxylation is 2. The maximum Gasteiger partial charge on any atom is 0.272 e. The van der Waals surface area contributed by atoms with Gasteiger partial charge in [0, 0.05) is 41.7 Å². The highest BCUT2D eigenvalue weighted by atomic mass is 16.1. The summed E-state index contributed by atoms with van der Waals surface area (Å²) >= 11 is 0. The van der Waals surface area contributed by atoms with Crippen LogP contribution in [0.25, 0.3) is 16.8 Å². The van der Waals surface area contributed by atoms with Gasteiger partial charge in [-0.15, -0.1) is 0 Å². The molecule has 0 bridgehead atoms. The van der Waals surface area contributed by atoms with E-state index in [1.165, 1.54) is 4.52 Å². The van der Waals surface area contributed by atoms with E-state index in [2.05, 4.69) is 17.1 Å². The first-order valence-electron chi connectivity index (χ1n) is 8.70. The Morgan fingerprint density at radius 1 is 1.15 bits per heavy atom. The number of aromatic amines is 1. The van der Waals surface area contributed by atoms with E-state index in [0.29, 0.717) is 12.2 Å². The van der Waals surface area contributed by atoms with E-state index in [0.717, 1.165) is 28.2 Å². The lowest BCUT2D eigenvalue weighted by atomic mass is 10.1. The third-order valence-electron chi connectivity index (χ3n) is 4.76. The highest BCUT2D eigenvalue weighted by Crippen LogP contribution is 2.27. The van der Waals surface area contributed by atoms with E-state index >= 15 is 0 Å². The van der Waals surface area contributed by atoms with Crippen molar-refractivity contribution in [3.63, 3.8) is 0 Å². The first-order valence-corrected chi connectivity index (χ1v) is 8.70. The number of fused-ring (bicyclic) bond motifs is 1. The number of hydrogen-bond donors (Lipinski definition) is 1. The highest BCUT2D eigenvalue weighted by Gasteiger charge is 2.17. The van der Waals surface area contributed by atoms with Crippen LogP contribution in [0.1, 0.15) is 29.9 Å². The Bertz CT molecular complexity index is 1120. The molecule has 0 amide bonds. The van der Waals surface area contributed by atoms with Crippen LogP contribution < -0.4 is 5.56 Å². The molecular formula is C20H21N5O. The second-order valence-corrected chi connectivity index (χ2v) is 6.71. The number of H-pyrrole nitrogens is 1. The summed E-state index contributed by atoms with van der Waals surface area (Å²) in [4.78, 5) is 17.5.